The molecule has 19 heavy (non-hydrogen) atoms. The molecule has 2 nitrogen and oxygen atoms in total. The van der Waals surface area contributed by atoms with Crippen LogP contribution in [0.4, 0.5) is 0 Å². The molecular weight excluding hydrogens is 232 g/mol. The SMILES string of the molecule is CCCCNC(c1cccc(C)n1)C1CCCCC1. The van der Waals surface area contributed by atoms with Gasteiger partial charge < -0.3 is 5.32 Å². The van der Waals surface area contributed by atoms with Gasteiger partial charge in [-0.25, -0.2) is 0 Å². The van der Waals surface area contributed by atoms with E-state index in [9.17, 15) is 0 Å². The molecule has 1 aromatic rings. The van der Waals surface area contributed by atoms with Crippen LogP contribution in [0.5, 0.6) is 0 Å². The third-order valence-electron chi connectivity index (χ3n) is 4.24. The molecule has 2 rings (SSSR count). The van der Waals surface area contributed by atoms with Crippen molar-refractivity contribution in [3.05, 3.63) is 29.6 Å². The molecule has 2 heteroatoms. The number of unbranched alkanes of at least 4 members (excludes halogenated alkanes) is 1. The highest BCUT2D eigenvalue weighted by molar-refractivity contribution is 5.14. The zero-order chi connectivity index (χ0) is 13.5. The number of aromatic nitrogens is 1. The fraction of sp³-hybridized carbons (Fsp3) is 0.706. The normalized spacial score (nSPS) is 18.4. The second-order valence-electron chi connectivity index (χ2n) is 5.89. The number of hydrogen-bond donors (Lipinski definition) is 1. The van der Waals surface area contributed by atoms with Gasteiger partial charge in [-0.1, -0.05) is 38.7 Å². The van der Waals surface area contributed by atoms with E-state index in [2.05, 4.69) is 37.4 Å². The predicted octanol–water partition coefficient (Wildman–Crippen LogP) is 4.40. The fourth-order valence-electron chi connectivity index (χ4n) is 3.15. The van der Waals surface area contributed by atoms with Crippen LogP contribution in [-0.4, -0.2) is 11.5 Å². The van der Waals surface area contributed by atoms with Gasteiger partial charge in [-0.15, -0.1) is 0 Å². The largest absolute Gasteiger partial charge is 0.308 e. The molecule has 0 spiro atoms. The number of rotatable bonds is 6. The Morgan fingerprint density at radius 2 is 2.05 bits per heavy atom. The summed E-state index contributed by atoms with van der Waals surface area (Å²) in [5.74, 6) is 0.778. The molecule has 1 unspecified atom stereocenters. The first-order valence-corrected chi connectivity index (χ1v) is 7.98. The minimum atomic E-state index is 0.465. The maximum Gasteiger partial charge on any atom is 0.0579 e. The number of pyridine rings is 1. The van der Waals surface area contributed by atoms with Crippen LogP contribution >= 0.6 is 0 Å². The summed E-state index contributed by atoms with van der Waals surface area (Å²) in [5.41, 5.74) is 2.39. The van der Waals surface area contributed by atoms with Crippen LogP contribution in [0.2, 0.25) is 0 Å². The van der Waals surface area contributed by atoms with Crippen molar-refractivity contribution >= 4 is 0 Å². The van der Waals surface area contributed by atoms with Crippen LogP contribution in [0.15, 0.2) is 18.2 Å². The summed E-state index contributed by atoms with van der Waals surface area (Å²) in [6.45, 7) is 5.46. The second kappa shape index (κ2) is 7.64. The van der Waals surface area contributed by atoms with Crippen molar-refractivity contribution in [2.45, 2.75) is 64.8 Å². The van der Waals surface area contributed by atoms with Crippen LogP contribution in [0, 0.1) is 12.8 Å². The number of nitrogens with zero attached hydrogens (tertiary/aromatic N) is 1. The molecule has 106 valence electrons. The quantitative estimate of drug-likeness (QED) is 0.767. The molecule has 0 saturated heterocycles. The van der Waals surface area contributed by atoms with E-state index >= 15 is 0 Å². The lowest BCUT2D eigenvalue weighted by molar-refractivity contribution is 0.267. The molecule has 0 amide bonds. The van der Waals surface area contributed by atoms with Crippen molar-refractivity contribution in [3.8, 4) is 0 Å². The van der Waals surface area contributed by atoms with E-state index in [1.807, 2.05) is 0 Å². The maximum absolute atomic E-state index is 4.76. The number of hydrogen-bond acceptors (Lipinski definition) is 2. The Morgan fingerprint density at radius 3 is 2.74 bits per heavy atom. The van der Waals surface area contributed by atoms with Gasteiger partial charge in [0.25, 0.3) is 0 Å². The molecule has 0 bridgehead atoms. The number of aryl methyl sites for hydroxylation is 1. The standard InChI is InChI=1S/C17H28N2/c1-3-4-13-18-17(15-10-6-5-7-11-15)16-12-8-9-14(2)19-16/h8-9,12,15,17-18H,3-7,10-11,13H2,1-2H3. The lowest BCUT2D eigenvalue weighted by Gasteiger charge is -2.31. The molecule has 1 aliphatic rings. The molecule has 1 N–H and O–H groups in total. The Morgan fingerprint density at radius 1 is 1.26 bits per heavy atom. The summed E-state index contributed by atoms with van der Waals surface area (Å²) < 4.78 is 0. The Bertz CT molecular complexity index is 369. The molecule has 1 aliphatic carbocycles. The first kappa shape index (κ1) is 14.5. The molecule has 1 aromatic heterocycles. The molecule has 1 atom stereocenters. The van der Waals surface area contributed by atoms with Gasteiger partial charge in [-0.2, -0.15) is 0 Å². The Labute approximate surface area is 118 Å². The topological polar surface area (TPSA) is 24.9 Å². The second-order valence-corrected chi connectivity index (χ2v) is 5.89. The van der Waals surface area contributed by atoms with Crippen LogP contribution in [0.1, 0.15) is 69.3 Å². The Kier molecular flexibility index (Phi) is 5.84. The average molecular weight is 260 g/mol. The molecule has 1 saturated carbocycles. The minimum absolute atomic E-state index is 0.465. The van der Waals surface area contributed by atoms with Crippen molar-refractivity contribution in [1.82, 2.24) is 10.3 Å². The van der Waals surface area contributed by atoms with Gasteiger partial charge in [0.1, 0.15) is 0 Å². The van der Waals surface area contributed by atoms with Crippen LogP contribution in [-0.2, 0) is 0 Å². The summed E-state index contributed by atoms with van der Waals surface area (Å²) in [6.07, 6.45) is 9.43. The van der Waals surface area contributed by atoms with E-state index in [0.717, 1.165) is 18.2 Å². The highest BCUT2D eigenvalue weighted by Crippen LogP contribution is 2.33. The van der Waals surface area contributed by atoms with Gasteiger partial charge >= 0.3 is 0 Å². The van der Waals surface area contributed by atoms with Crippen molar-refractivity contribution < 1.29 is 0 Å². The van der Waals surface area contributed by atoms with Crippen molar-refractivity contribution in [2.24, 2.45) is 5.92 Å². The zero-order valence-electron chi connectivity index (χ0n) is 12.5. The lowest BCUT2D eigenvalue weighted by Crippen LogP contribution is -2.31. The van der Waals surface area contributed by atoms with E-state index < -0.39 is 0 Å². The fourth-order valence-corrected chi connectivity index (χ4v) is 3.15. The van der Waals surface area contributed by atoms with Gasteiger partial charge in [0.15, 0.2) is 0 Å². The van der Waals surface area contributed by atoms with Crippen molar-refractivity contribution in [3.63, 3.8) is 0 Å². The molecule has 1 heterocycles. The average Bonchev–Trinajstić information content (AvgIpc) is 2.45. The van der Waals surface area contributed by atoms with Crippen molar-refractivity contribution in [2.75, 3.05) is 6.54 Å². The maximum atomic E-state index is 4.76. The van der Waals surface area contributed by atoms with Crippen molar-refractivity contribution in [1.29, 1.82) is 0 Å². The molecular formula is C17H28N2. The molecule has 0 radical (unpaired) electrons. The minimum Gasteiger partial charge on any atom is -0.308 e. The number of nitrogens with one attached hydrogen (secondary N) is 1. The molecule has 0 aliphatic heterocycles. The summed E-state index contributed by atoms with van der Waals surface area (Å²) >= 11 is 0. The smallest absolute Gasteiger partial charge is 0.0579 e. The third kappa shape index (κ3) is 4.31. The monoisotopic (exact) mass is 260 g/mol. The summed E-state index contributed by atoms with van der Waals surface area (Å²) in [5, 5.41) is 3.77. The van der Waals surface area contributed by atoms with Gasteiger partial charge in [0, 0.05) is 5.69 Å². The first-order chi connectivity index (χ1) is 9.31. The summed E-state index contributed by atoms with van der Waals surface area (Å²) in [4.78, 5) is 4.76. The Hall–Kier alpha value is -0.890. The lowest BCUT2D eigenvalue weighted by atomic mass is 9.82. The van der Waals surface area contributed by atoms with Gasteiger partial charge in [0.2, 0.25) is 0 Å². The van der Waals surface area contributed by atoms with E-state index in [1.165, 1.54) is 50.6 Å². The molecule has 0 aromatic carbocycles. The van der Waals surface area contributed by atoms with E-state index in [-0.39, 0.29) is 0 Å². The zero-order valence-corrected chi connectivity index (χ0v) is 12.5. The first-order valence-electron chi connectivity index (χ1n) is 7.98. The van der Waals surface area contributed by atoms with E-state index in [4.69, 9.17) is 4.98 Å². The van der Waals surface area contributed by atoms with E-state index in [1.54, 1.807) is 0 Å². The summed E-state index contributed by atoms with van der Waals surface area (Å²) in [7, 11) is 0. The molecule has 1 fully saturated rings. The van der Waals surface area contributed by atoms with Gasteiger partial charge in [-0.05, 0) is 50.8 Å². The van der Waals surface area contributed by atoms with Crippen LogP contribution in [0.3, 0.4) is 0 Å². The van der Waals surface area contributed by atoms with Gasteiger partial charge in [-0.3, -0.25) is 4.98 Å². The third-order valence-corrected chi connectivity index (χ3v) is 4.24. The van der Waals surface area contributed by atoms with E-state index in [0.29, 0.717) is 6.04 Å². The van der Waals surface area contributed by atoms with Gasteiger partial charge in [0.05, 0.1) is 11.7 Å². The predicted molar refractivity (Wildman–Crippen MR) is 81.2 cm³/mol. The highest BCUT2D eigenvalue weighted by Gasteiger charge is 2.25. The Balaban J connectivity index is 2.08. The summed E-state index contributed by atoms with van der Waals surface area (Å²) in [6, 6.07) is 6.90. The van der Waals surface area contributed by atoms with Crippen LogP contribution in [0.25, 0.3) is 0 Å². The van der Waals surface area contributed by atoms with Crippen LogP contribution < -0.4 is 5.32 Å². The highest BCUT2D eigenvalue weighted by atomic mass is 14.9.